The second-order valence-electron chi connectivity index (χ2n) is 7.90. The van der Waals surface area contributed by atoms with Gasteiger partial charge in [-0.3, -0.25) is 9.78 Å². The molecule has 0 fully saturated rings. The van der Waals surface area contributed by atoms with Crippen molar-refractivity contribution in [1.82, 2.24) is 4.98 Å². The van der Waals surface area contributed by atoms with Crippen molar-refractivity contribution in [3.05, 3.63) is 65.5 Å². The molecule has 0 radical (unpaired) electrons. The topological polar surface area (TPSA) is 68.7 Å². The molecular formula is C26H34ClNO4. The van der Waals surface area contributed by atoms with Crippen molar-refractivity contribution in [1.29, 1.82) is 0 Å². The Balaban J connectivity index is 2.03. The Morgan fingerprint density at radius 2 is 2.03 bits per heavy atom. The number of unbranched alkanes of at least 4 members (excludes halogenated alkanes) is 5. The highest BCUT2D eigenvalue weighted by molar-refractivity contribution is 6.13. The van der Waals surface area contributed by atoms with Crippen LogP contribution in [0.4, 0.5) is 0 Å². The SMILES string of the molecule is CCCCCCC/C=C/c1cc(OCc2cccnc2)ccc1C(O)CCCC(=O)OCl. The molecule has 32 heavy (non-hydrogen) atoms. The van der Waals surface area contributed by atoms with Crippen molar-refractivity contribution in [3.63, 3.8) is 0 Å². The Kier molecular flexibility index (Phi) is 12.5. The first-order chi connectivity index (χ1) is 15.6. The third-order valence-corrected chi connectivity index (χ3v) is 5.43. The maximum absolute atomic E-state index is 11.2. The Hall–Kier alpha value is -2.37. The number of hydrogen-bond donors (Lipinski definition) is 1. The lowest BCUT2D eigenvalue weighted by Gasteiger charge is -2.16. The Labute approximate surface area is 196 Å². The predicted octanol–water partition coefficient (Wildman–Crippen LogP) is 6.94. The van der Waals surface area contributed by atoms with Gasteiger partial charge in [0.05, 0.1) is 6.10 Å². The van der Waals surface area contributed by atoms with Gasteiger partial charge in [-0.1, -0.05) is 56.9 Å². The maximum Gasteiger partial charge on any atom is 0.324 e. The van der Waals surface area contributed by atoms with Crippen LogP contribution in [0.25, 0.3) is 6.08 Å². The maximum atomic E-state index is 11.2. The average Bonchev–Trinajstić information content (AvgIpc) is 2.82. The van der Waals surface area contributed by atoms with E-state index in [0.29, 0.717) is 19.4 Å². The molecule has 5 nitrogen and oxygen atoms in total. The van der Waals surface area contributed by atoms with Gasteiger partial charge in [-0.2, -0.15) is 0 Å². The first kappa shape index (κ1) is 25.9. The van der Waals surface area contributed by atoms with E-state index in [1.165, 1.54) is 25.7 Å². The van der Waals surface area contributed by atoms with E-state index in [1.807, 2.05) is 30.3 Å². The quantitative estimate of drug-likeness (QED) is 0.292. The fraction of sp³-hybridized carbons (Fsp3) is 0.462. The van der Waals surface area contributed by atoms with Gasteiger partial charge < -0.3 is 14.1 Å². The second-order valence-corrected chi connectivity index (χ2v) is 8.06. The minimum Gasteiger partial charge on any atom is -0.489 e. The van der Waals surface area contributed by atoms with Crippen LogP contribution in [-0.4, -0.2) is 16.1 Å². The lowest BCUT2D eigenvalue weighted by atomic mass is 9.97. The van der Waals surface area contributed by atoms with Crippen LogP contribution >= 0.6 is 11.9 Å². The number of aliphatic hydroxyl groups excluding tert-OH is 1. The van der Waals surface area contributed by atoms with E-state index in [1.54, 1.807) is 12.4 Å². The lowest BCUT2D eigenvalue weighted by molar-refractivity contribution is -0.134. The number of aromatic nitrogens is 1. The molecule has 1 unspecified atom stereocenters. The van der Waals surface area contributed by atoms with Crippen molar-refractivity contribution in [3.8, 4) is 5.75 Å². The molecule has 0 amide bonds. The number of pyridine rings is 1. The molecule has 2 rings (SSSR count). The van der Waals surface area contributed by atoms with Gasteiger partial charge in [0, 0.05) is 24.4 Å². The summed E-state index contributed by atoms with van der Waals surface area (Å²) in [5.74, 6) is 0.249. The molecule has 0 spiro atoms. The third-order valence-electron chi connectivity index (χ3n) is 5.26. The Bertz CT molecular complexity index is 826. The fourth-order valence-corrected chi connectivity index (χ4v) is 3.53. The smallest absolute Gasteiger partial charge is 0.324 e. The van der Waals surface area contributed by atoms with Crippen LogP contribution in [0.1, 0.15) is 87.5 Å². The molecule has 0 aliphatic rings. The van der Waals surface area contributed by atoms with Crippen LogP contribution in [-0.2, 0) is 15.7 Å². The zero-order valence-electron chi connectivity index (χ0n) is 18.8. The molecule has 1 N–H and O–H groups in total. The monoisotopic (exact) mass is 459 g/mol. The standard InChI is InChI=1S/C26H34ClNO4/c1-2-3-4-5-6-7-8-12-22-18-23(31-20-21-11-10-17-28-19-21)15-16-24(22)25(29)13-9-14-26(30)32-27/h8,10-12,15-19,25,29H,2-7,9,13-14,20H2,1H3/b12-8+. The molecule has 0 bridgehead atoms. The molecule has 0 saturated carbocycles. The summed E-state index contributed by atoms with van der Waals surface area (Å²) >= 11 is 5.07. The van der Waals surface area contributed by atoms with E-state index in [0.717, 1.165) is 35.3 Å². The molecule has 2 aromatic rings. The van der Waals surface area contributed by atoms with Crippen molar-refractivity contribution in [2.24, 2.45) is 0 Å². The number of carbonyl (C=O) groups excluding carboxylic acids is 1. The van der Waals surface area contributed by atoms with Crippen LogP contribution in [0, 0.1) is 0 Å². The highest BCUT2D eigenvalue weighted by Gasteiger charge is 2.14. The minimum absolute atomic E-state index is 0.176. The number of halogens is 1. The van der Waals surface area contributed by atoms with Gasteiger partial charge in [0.15, 0.2) is 0 Å². The van der Waals surface area contributed by atoms with E-state index in [-0.39, 0.29) is 6.42 Å². The molecule has 1 atom stereocenters. The van der Waals surface area contributed by atoms with E-state index in [9.17, 15) is 9.90 Å². The number of ether oxygens (including phenoxy) is 1. The Morgan fingerprint density at radius 3 is 2.78 bits per heavy atom. The zero-order valence-corrected chi connectivity index (χ0v) is 19.6. The van der Waals surface area contributed by atoms with Gasteiger partial charge >= 0.3 is 5.97 Å². The first-order valence-electron chi connectivity index (χ1n) is 11.5. The van der Waals surface area contributed by atoms with Crippen LogP contribution in [0.3, 0.4) is 0 Å². The third kappa shape index (κ3) is 9.84. The first-order valence-corrected chi connectivity index (χ1v) is 11.8. The van der Waals surface area contributed by atoms with Crippen molar-refractivity contribution in [2.45, 2.75) is 77.4 Å². The van der Waals surface area contributed by atoms with Crippen molar-refractivity contribution >= 4 is 23.9 Å². The number of nitrogens with zero attached hydrogens (tertiary/aromatic N) is 1. The largest absolute Gasteiger partial charge is 0.489 e. The van der Waals surface area contributed by atoms with E-state index < -0.39 is 12.1 Å². The van der Waals surface area contributed by atoms with Crippen molar-refractivity contribution in [2.75, 3.05) is 0 Å². The molecule has 1 aromatic heterocycles. The normalized spacial score (nSPS) is 12.1. The highest BCUT2D eigenvalue weighted by atomic mass is 35.5. The number of hydrogen-bond acceptors (Lipinski definition) is 5. The predicted molar refractivity (Wildman–Crippen MR) is 128 cm³/mol. The molecular weight excluding hydrogens is 426 g/mol. The molecule has 0 saturated heterocycles. The summed E-state index contributed by atoms with van der Waals surface area (Å²) in [4.78, 5) is 15.3. The van der Waals surface area contributed by atoms with Gasteiger partial charge in [-0.25, -0.2) is 0 Å². The number of aliphatic hydroxyl groups is 1. The van der Waals surface area contributed by atoms with Crippen molar-refractivity contribution < 1.29 is 18.9 Å². The highest BCUT2D eigenvalue weighted by Crippen LogP contribution is 2.28. The van der Waals surface area contributed by atoms with Crippen LogP contribution in [0.2, 0.25) is 0 Å². The van der Waals surface area contributed by atoms with Crippen LogP contribution in [0.15, 0.2) is 48.8 Å². The number of carbonyl (C=O) groups is 1. The fourth-order valence-electron chi connectivity index (χ4n) is 3.45. The zero-order chi connectivity index (χ0) is 23.0. The molecule has 6 heteroatoms. The van der Waals surface area contributed by atoms with Crippen LogP contribution in [0.5, 0.6) is 5.75 Å². The number of benzene rings is 1. The minimum atomic E-state index is -0.685. The molecule has 174 valence electrons. The molecule has 0 aliphatic heterocycles. The number of rotatable bonds is 15. The van der Waals surface area contributed by atoms with E-state index in [2.05, 4.69) is 28.3 Å². The molecule has 1 heterocycles. The summed E-state index contributed by atoms with van der Waals surface area (Å²) in [5.41, 5.74) is 2.74. The summed E-state index contributed by atoms with van der Waals surface area (Å²) in [7, 11) is 0. The van der Waals surface area contributed by atoms with Gasteiger partial charge in [-0.15, -0.1) is 0 Å². The second kappa shape index (κ2) is 15.4. The molecule has 0 aliphatic carbocycles. The summed E-state index contributed by atoms with van der Waals surface area (Å²) in [6.07, 6.45) is 15.4. The van der Waals surface area contributed by atoms with E-state index >= 15 is 0 Å². The van der Waals surface area contributed by atoms with Gasteiger partial charge in [0.2, 0.25) is 0 Å². The average molecular weight is 460 g/mol. The summed E-state index contributed by atoms with van der Waals surface area (Å²) < 4.78 is 10.1. The van der Waals surface area contributed by atoms with Gasteiger partial charge in [-0.05, 0) is 55.0 Å². The van der Waals surface area contributed by atoms with Crippen LogP contribution < -0.4 is 4.74 Å². The summed E-state index contributed by atoms with van der Waals surface area (Å²) in [6, 6.07) is 9.56. The number of allylic oxidation sites excluding steroid dienone is 1. The molecule has 1 aromatic carbocycles. The summed E-state index contributed by atoms with van der Waals surface area (Å²) in [5, 5.41) is 10.7. The van der Waals surface area contributed by atoms with Gasteiger partial charge in [0.1, 0.15) is 24.2 Å². The Morgan fingerprint density at radius 1 is 1.19 bits per heavy atom. The van der Waals surface area contributed by atoms with Gasteiger partial charge in [0.25, 0.3) is 0 Å². The summed E-state index contributed by atoms with van der Waals surface area (Å²) in [6.45, 7) is 2.64. The van der Waals surface area contributed by atoms with E-state index in [4.69, 9.17) is 16.6 Å². The lowest BCUT2D eigenvalue weighted by Crippen LogP contribution is -2.04.